The molecule has 1 aromatic heterocycles. The normalized spacial score (nSPS) is 19.6. The van der Waals surface area contributed by atoms with E-state index in [-0.39, 0.29) is 31.2 Å². The van der Waals surface area contributed by atoms with Crippen molar-refractivity contribution in [2.24, 2.45) is 11.1 Å². The lowest BCUT2D eigenvalue weighted by atomic mass is 9.85. The number of amides is 3. The fraction of sp³-hybridized carbons (Fsp3) is 0.500. The molecule has 0 saturated carbocycles. The van der Waals surface area contributed by atoms with Crippen molar-refractivity contribution in [2.45, 2.75) is 51.8 Å². The third kappa shape index (κ3) is 4.80. The minimum absolute atomic E-state index is 0.0597. The molecule has 0 aliphatic carbocycles. The van der Waals surface area contributed by atoms with Crippen LogP contribution in [0.1, 0.15) is 38.8 Å². The van der Waals surface area contributed by atoms with E-state index in [0.717, 1.165) is 0 Å². The molecule has 1 aliphatic heterocycles. The molecule has 4 N–H and O–H groups in total. The molecule has 32 heavy (non-hydrogen) atoms. The molecule has 10 nitrogen and oxygen atoms in total. The van der Waals surface area contributed by atoms with Crippen molar-refractivity contribution < 1.29 is 19.5 Å². The summed E-state index contributed by atoms with van der Waals surface area (Å²) in [6.45, 7) is 5.78. The van der Waals surface area contributed by atoms with Gasteiger partial charge in [-0.05, 0) is 11.0 Å². The van der Waals surface area contributed by atoms with E-state index in [0.29, 0.717) is 16.8 Å². The number of aliphatic hydroxyl groups is 1. The van der Waals surface area contributed by atoms with Crippen LogP contribution in [-0.2, 0) is 20.8 Å². The van der Waals surface area contributed by atoms with E-state index in [4.69, 9.17) is 5.73 Å². The Labute approximate surface area is 186 Å². The van der Waals surface area contributed by atoms with Crippen molar-refractivity contribution in [1.82, 2.24) is 25.2 Å². The summed E-state index contributed by atoms with van der Waals surface area (Å²) in [5.74, 6) is -1.09. The molecule has 0 unspecified atom stereocenters. The molecule has 3 amide bonds. The van der Waals surface area contributed by atoms with E-state index in [1.165, 1.54) is 16.6 Å². The van der Waals surface area contributed by atoms with Crippen molar-refractivity contribution in [2.75, 3.05) is 13.6 Å². The monoisotopic (exact) mass is 442 g/mol. The number of nitrogens with two attached hydrogens (primary N) is 1. The second-order valence-corrected chi connectivity index (χ2v) is 9.16. The molecule has 0 radical (unpaired) electrons. The SMILES string of the molecule is CNC(=O)[C@@H]1C[C@@H](O)CN1C(=O)[C@@H](n1cc(-c2ccccc2CC(N)=O)nn1)C(C)(C)C. The first-order valence-corrected chi connectivity index (χ1v) is 10.5. The molecular formula is C22H30N6O4. The average Bonchev–Trinajstić information content (AvgIpc) is 3.33. The van der Waals surface area contributed by atoms with Gasteiger partial charge in [0, 0.05) is 25.6 Å². The molecule has 0 spiro atoms. The Balaban J connectivity index is 1.97. The fourth-order valence-corrected chi connectivity index (χ4v) is 4.15. The number of β-amino-alcohol motifs (C(OH)–C–C–N with tert-alkyl or cyclic N) is 1. The van der Waals surface area contributed by atoms with Crippen LogP contribution < -0.4 is 11.1 Å². The van der Waals surface area contributed by atoms with Gasteiger partial charge in [0.05, 0.1) is 18.7 Å². The minimum atomic E-state index is -0.770. The number of nitrogens with zero attached hydrogens (tertiary/aromatic N) is 4. The number of hydrogen-bond acceptors (Lipinski definition) is 6. The largest absolute Gasteiger partial charge is 0.391 e. The summed E-state index contributed by atoms with van der Waals surface area (Å²) in [5.41, 5.74) is 6.74. The van der Waals surface area contributed by atoms with E-state index in [2.05, 4.69) is 15.6 Å². The van der Waals surface area contributed by atoms with Gasteiger partial charge in [-0.3, -0.25) is 14.4 Å². The smallest absolute Gasteiger partial charge is 0.248 e. The Kier molecular flexibility index (Phi) is 6.63. The van der Waals surface area contributed by atoms with Gasteiger partial charge in [-0.25, -0.2) is 4.68 Å². The lowest BCUT2D eigenvalue weighted by Crippen LogP contribution is -2.49. The first-order chi connectivity index (χ1) is 15.0. The topological polar surface area (TPSA) is 143 Å². The van der Waals surface area contributed by atoms with Crippen molar-refractivity contribution in [3.8, 4) is 11.3 Å². The van der Waals surface area contributed by atoms with Gasteiger partial charge in [-0.2, -0.15) is 0 Å². The maximum atomic E-state index is 13.6. The number of rotatable bonds is 6. The van der Waals surface area contributed by atoms with E-state index in [9.17, 15) is 19.5 Å². The molecule has 1 saturated heterocycles. The van der Waals surface area contributed by atoms with Crippen LogP contribution in [0.5, 0.6) is 0 Å². The summed E-state index contributed by atoms with van der Waals surface area (Å²) in [6.07, 6.45) is 1.14. The number of carbonyl (C=O) groups is 3. The minimum Gasteiger partial charge on any atom is -0.391 e. The van der Waals surface area contributed by atoms with Gasteiger partial charge in [0.15, 0.2) is 0 Å². The quantitative estimate of drug-likeness (QED) is 0.586. The van der Waals surface area contributed by atoms with Gasteiger partial charge in [0.2, 0.25) is 17.7 Å². The predicted octanol–water partition coefficient (Wildman–Crippen LogP) is 0.268. The number of hydrogen-bond donors (Lipinski definition) is 3. The van der Waals surface area contributed by atoms with Crippen LogP contribution >= 0.6 is 0 Å². The zero-order valence-electron chi connectivity index (χ0n) is 18.8. The fourth-order valence-electron chi connectivity index (χ4n) is 4.15. The van der Waals surface area contributed by atoms with Crippen molar-refractivity contribution in [3.05, 3.63) is 36.0 Å². The second kappa shape index (κ2) is 9.07. The van der Waals surface area contributed by atoms with Gasteiger partial charge >= 0.3 is 0 Å². The molecule has 2 heterocycles. The summed E-state index contributed by atoms with van der Waals surface area (Å²) in [7, 11) is 1.50. The lowest BCUT2D eigenvalue weighted by molar-refractivity contribution is -0.144. The van der Waals surface area contributed by atoms with Crippen LogP contribution in [0.4, 0.5) is 0 Å². The first-order valence-electron chi connectivity index (χ1n) is 10.5. The molecule has 3 rings (SSSR count). The molecule has 2 aromatic rings. The molecule has 172 valence electrons. The van der Waals surface area contributed by atoms with Crippen molar-refractivity contribution in [1.29, 1.82) is 0 Å². The number of primary amides is 1. The van der Waals surface area contributed by atoms with Crippen molar-refractivity contribution >= 4 is 17.7 Å². The van der Waals surface area contributed by atoms with Crippen LogP contribution in [0.2, 0.25) is 0 Å². The number of aromatic nitrogens is 3. The Morgan fingerprint density at radius 2 is 1.97 bits per heavy atom. The predicted molar refractivity (Wildman–Crippen MR) is 117 cm³/mol. The molecule has 1 aromatic carbocycles. The van der Waals surface area contributed by atoms with Crippen LogP contribution in [0, 0.1) is 5.41 Å². The highest BCUT2D eigenvalue weighted by atomic mass is 16.3. The summed E-state index contributed by atoms with van der Waals surface area (Å²) in [4.78, 5) is 38.8. The standard InChI is InChI=1S/C22H30N6O4/c1-22(2,3)19(21(32)27-11-14(29)10-17(27)20(31)24-4)28-12-16(25-26-28)15-8-6-5-7-13(15)9-18(23)30/h5-8,12,14,17,19,29H,9-11H2,1-4H3,(H2,23,30)(H,24,31)/t14-,17+,19-/m1/s1. The molecule has 3 atom stereocenters. The maximum Gasteiger partial charge on any atom is 0.248 e. The van der Waals surface area contributed by atoms with Crippen LogP contribution in [0.3, 0.4) is 0 Å². The number of likely N-dealkylation sites (tertiary alicyclic amines) is 1. The van der Waals surface area contributed by atoms with Gasteiger partial charge in [0.25, 0.3) is 0 Å². The Morgan fingerprint density at radius 1 is 1.28 bits per heavy atom. The molecule has 0 bridgehead atoms. The zero-order chi connectivity index (χ0) is 23.6. The summed E-state index contributed by atoms with van der Waals surface area (Å²) < 4.78 is 1.49. The Morgan fingerprint density at radius 3 is 2.59 bits per heavy atom. The lowest BCUT2D eigenvalue weighted by Gasteiger charge is -2.34. The van der Waals surface area contributed by atoms with Gasteiger partial charge in [-0.15, -0.1) is 5.10 Å². The van der Waals surface area contributed by atoms with Gasteiger partial charge < -0.3 is 21.1 Å². The molecule has 1 fully saturated rings. The Hall–Kier alpha value is -3.27. The summed E-state index contributed by atoms with van der Waals surface area (Å²) >= 11 is 0. The van der Waals surface area contributed by atoms with Crippen LogP contribution in [0.25, 0.3) is 11.3 Å². The van der Waals surface area contributed by atoms with E-state index in [1.807, 2.05) is 39.0 Å². The van der Waals surface area contributed by atoms with Crippen molar-refractivity contribution in [3.63, 3.8) is 0 Å². The molecular weight excluding hydrogens is 412 g/mol. The summed E-state index contributed by atoms with van der Waals surface area (Å²) in [5, 5.41) is 21.2. The summed E-state index contributed by atoms with van der Waals surface area (Å²) in [6, 6.07) is 5.75. The van der Waals surface area contributed by atoms with E-state index < -0.39 is 29.5 Å². The number of nitrogens with one attached hydrogen (secondary N) is 1. The number of benzene rings is 1. The molecule has 10 heteroatoms. The second-order valence-electron chi connectivity index (χ2n) is 9.16. The van der Waals surface area contributed by atoms with Gasteiger partial charge in [-0.1, -0.05) is 50.3 Å². The molecule has 1 aliphatic rings. The highest BCUT2D eigenvalue weighted by Crippen LogP contribution is 2.35. The highest BCUT2D eigenvalue weighted by Gasteiger charge is 2.45. The van der Waals surface area contributed by atoms with Gasteiger partial charge in [0.1, 0.15) is 17.8 Å². The third-order valence-corrected chi connectivity index (χ3v) is 5.60. The average molecular weight is 443 g/mol. The maximum absolute atomic E-state index is 13.6. The Bertz CT molecular complexity index is 1010. The van der Waals surface area contributed by atoms with Crippen LogP contribution in [-0.4, -0.2) is 68.5 Å². The van der Waals surface area contributed by atoms with E-state index >= 15 is 0 Å². The zero-order valence-corrected chi connectivity index (χ0v) is 18.8. The van der Waals surface area contributed by atoms with E-state index in [1.54, 1.807) is 12.3 Å². The third-order valence-electron chi connectivity index (χ3n) is 5.60. The number of likely N-dealkylation sites (N-methyl/N-ethyl adjacent to an activating group) is 1. The number of aliphatic hydroxyl groups excluding tert-OH is 1. The highest BCUT2D eigenvalue weighted by molar-refractivity contribution is 5.90. The first kappa shape index (κ1) is 23.4. The van der Waals surface area contributed by atoms with Crippen LogP contribution in [0.15, 0.2) is 30.5 Å². The number of carbonyl (C=O) groups excluding carboxylic acids is 3.